The number of aliphatic hydroxyl groups excluding tert-OH is 2. The molecule has 0 radical (unpaired) electrons. The lowest BCUT2D eigenvalue weighted by Gasteiger charge is -1.93. The van der Waals surface area contributed by atoms with Crippen LogP contribution in [0.1, 0.15) is 6.92 Å². The van der Waals surface area contributed by atoms with Gasteiger partial charge in [0.15, 0.2) is 0 Å². The first-order valence-corrected chi connectivity index (χ1v) is 3.36. The van der Waals surface area contributed by atoms with Crippen molar-refractivity contribution in [2.45, 2.75) is 6.92 Å². The molecule has 54 valence electrons. The van der Waals surface area contributed by atoms with E-state index in [0.717, 1.165) is 6.92 Å². The average Bonchev–Trinajstić information content (AvgIpc) is 1.62. The minimum Gasteiger partial charge on any atom is -0.508 e. The highest BCUT2D eigenvalue weighted by molar-refractivity contribution is 7.89. The molecule has 0 saturated carbocycles. The molecule has 0 fully saturated rings. The van der Waals surface area contributed by atoms with Crippen LogP contribution in [0.3, 0.4) is 0 Å². The molecule has 0 aliphatic rings. The summed E-state index contributed by atoms with van der Waals surface area (Å²) in [6, 6.07) is 0. The van der Waals surface area contributed by atoms with Gasteiger partial charge in [-0.3, -0.25) is 4.55 Å². The second-order valence-electron chi connectivity index (χ2n) is 1.37. The minimum atomic E-state index is -4.62. The van der Waals surface area contributed by atoms with E-state index in [4.69, 9.17) is 14.8 Å². The van der Waals surface area contributed by atoms with Crippen LogP contribution < -0.4 is 0 Å². The van der Waals surface area contributed by atoms with Gasteiger partial charge in [0.2, 0.25) is 0 Å². The lowest BCUT2D eigenvalue weighted by molar-refractivity contribution is 0.337. The monoisotopic (exact) mass is 154 g/mol. The zero-order valence-corrected chi connectivity index (χ0v) is 5.38. The molecule has 0 aromatic carbocycles. The maximum Gasteiger partial charge on any atom is 0.331 e. The molecule has 0 rings (SSSR count). The Morgan fingerprint density at radius 3 is 1.67 bits per heavy atom. The van der Waals surface area contributed by atoms with Crippen molar-refractivity contribution in [1.29, 1.82) is 0 Å². The van der Waals surface area contributed by atoms with Crippen LogP contribution in [0.5, 0.6) is 0 Å². The van der Waals surface area contributed by atoms with Gasteiger partial charge in [0.25, 0.3) is 5.09 Å². The molecule has 0 aromatic rings. The first-order valence-electron chi connectivity index (χ1n) is 1.92. The van der Waals surface area contributed by atoms with Crippen molar-refractivity contribution >= 4 is 10.1 Å². The minimum absolute atomic E-state index is 0.836. The van der Waals surface area contributed by atoms with Gasteiger partial charge in [-0.05, 0) is 6.92 Å². The van der Waals surface area contributed by atoms with E-state index in [9.17, 15) is 8.42 Å². The van der Waals surface area contributed by atoms with Gasteiger partial charge in [-0.2, -0.15) is 8.42 Å². The summed E-state index contributed by atoms with van der Waals surface area (Å²) in [7, 11) is -4.62. The largest absolute Gasteiger partial charge is 0.508 e. The molecule has 0 aliphatic carbocycles. The third kappa shape index (κ3) is 2.34. The van der Waals surface area contributed by atoms with Crippen LogP contribution in [-0.4, -0.2) is 23.2 Å². The van der Waals surface area contributed by atoms with Gasteiger partial charge in [0.05, 0.1) is 0 Å². The van der Waals surface area contributed by atoms with E-state index >= 15 is 0 Å². The Morgan fingerprint density at radius 1 is 1.33 bits per heavy atom. The molecule has 0 aliphatic heterocycles. The molecule has 0 heterocycles. The van der Waals surface area contributed by atoms with Crippen LogP contribution in [0, 0.1) is 0 Å². The standard InChI is InChI=1S/C3H6O5S/c1-2(4)3(5)9(6,7)8/h4-5H,1H3,(H,6,7,8). The second kappa shape index (κ2) is 2.24. The first kappa shape index (κ1) is 8.25. The van der Waals surface area contributed by atoms with Gasteiger partial charge in [-0.15, -0.1) is 0 Å². The van der Waals surface area contributed by atoms with Crippen LogP contribution >= 0.6 is 0 Å². The number of rotatable bonds is 1. The molecule has 0 atom stereocenters. The molecule has 0 spiro atoms. The Hall–Kier alpha value is -0.750. The topological polar surface area (TPSA) is 94.8 Å². The quantitative estimate of drug-likeness (QED) is 0.370. The molecule has 5 nitrogen and oxygen atoms in total. The lowest BCUT2D eigenvalue weighted by atomic mass is 10.6. The van der Waals surface area contributed by atoms with E-state index in [1.54, 1.807) is 0 Å². The van der Waals surface area contributed by atoms with Crippen molar-refractivity contribution in [3.05, 3.63) is 10.9 Å². The SMILES string of the molecule is CC(O)=C(O)S(=O)(=O)O. The van der Waals surface area contributed by atoms with E-state index in [1.165, 1.54) is 0 Å². The van der Waals surface area contributed by atoms with Gasteiger partial charge in [-0.1, -0.05) is 0 Å². The molecule has 3 N–H and O–H groups in total. The predicted octanol–water partition coefficient (Wildman–Crippen LogP) is 0.179. The van der Waals surface area contributed by atoms with E-state index < -0.39 is 21.0 Å². The fourth-order valence-corrected chi connectivity index (χ4v) is 0.560. The zero-order chi connectivity index (χ0) is 7.65. The number of aliphatic hydroxyl groups is 2. The Balaban J connectivity index is 4.86. The number of allylic oxidation sites excluding steroid dienone is 1. The second-order valence-corrected chi connectivity index (χ2v) is 2.70. The fourth-order valence-electron chi connectivity index (χ4n) is 0.187. The highest BCUT2D eigenvalue weighted by Crippen LogP contribution is 2.02. The Labute approximate surface area is 52.0 Å². The van der Waals surface area contributed by atoms with Gasteiger partial charge < -0.3 is 10.2 Å². The summed E-state index contributed by atoms with van der Waals surface area (Å²) in [5, 5.41) is 15.1. The summed E-state index contributed by atoms with van der Waals surface area (Å²) < 4.78 is 27.7. The van der Waals surface area contributed by atoms with Gasteiger partial charge in [-0.25, -0.2) is 0 Å². The van der Waals surface area contributed by atoms with E-state index in [-0.39, 0.29) is 0 Å². The van der Waals surface area contributed by atoms with Crippen LogP contribution in [0.4, 0.5) is 0 Å². The van der Waals surface area contributed by atoms with Crippen molar-refractivity contribution in [3.63, 3.8) is 0 Å². The summed E-state index contributed by atoms with van der Waals surface area (Å²) >= 11 is 0. The van der Waals surface area contributed by atoms with Gasteiger partial charge in [0.1, 0.15) is 5.76 Å². The fraction of sp³-hybridized carbons (Fsp3) is 0.333. The number of hydrogen-bond donors (Lipinski definition) is 3. The zero-order valence-electron chi connectivity index (χ0n) is 4.57. The van der Waals surface area contributed by atoms with Gasteiger partial charge >= 0.3 is 10.1 Å². The highest BCUT2D eigenvalue weighted by Gasteiger charge is 2.14. The Kier molecular flexibility index (Phi) is 2.05. The Bertz CT molecular complexity index is 219. The Morgan fingerprint density at radius 2 is 1.67 bits per heavy atom. The molecular weight excluding hydrogens is 148 g/mol. The summed E-state index contributed by atoms with van der Waals surface area (Å²) in [6.07, 6.45) is 0. The molecule has 0 bridgehead atoms. The summed E-state index contributed by atoms with van der Waals surface area (Å²) in [5.41, 5.74) is 0. The number of hydrogen-bond acceptors (Lipinski definition) is 4. The van der Waals surface area contributed by atoms with E-state index in [1.807, 2.05) is 0 Å². The maximum atomic E-state index is 9.86. The normalized spacial score (nSPS) is 14.9. The van der Waals surface area contributed by atoms with Crippen molar-refractivity contribution in [1.82, 2.24) is 0 Å². The van der Waals surface area contributed by atoms with Crippen LogP contribution in [0.15, 0.2) is 10.9 Å². The molecule has 0 unspecified atom stereocenters. The molecule has 6 heteroatoms. The average molecular weight is 154 g/mol. The smallest absolute Gasteiger partial charge is 0.331 e. The summed E-state index contributed by atoms with van der Waals surface area (Å²) in [6.45, 7) is 0.934. The van der Waals surface area contributed by atoms with Crippen molar-refractivity contribution in [2.24, 2.45) is 0 Å². The predicted molar refractivity (Wildman–Crippen MR) is 29.5 cm³/mol. The van der Waals surface area contributed by atoms with Crippen LogP contribution in [0.2, 0.25) is 0 Å². The van der Waals surface area contributed by atoms with Crippen molar-refractivity contribution in [3.8, 4) is 0 Å². The summed E-state index contributed by atoms with van der Waals surface area (Å²) in [4.78, 5) is 0. The molecule has 0 amide bonds. The third-order valence-electron chi connectivity index (χ3n) is 0.554. The molecule has 0 saturated heterocycles. The lowest BCUT2D eigenvalue weighted by Crippen LogP contribution is -2.02. The van der Waals surface area contributed by atoms with Crippen molar-refractivity contribution in [2.75, 3.05) is 0 Å². The van der Waals surface area contributed by atoms with Crippen molar-refractivity contribution < 1.29 is 23.2 Å². The molecule has 9 heavy (non-hydrogen) atoms. The molecular formula is C3H6O5S. The first-order chi connectivity index (χ1) is 3.85. The van der Waals surface area contributed by atoms with Crippen LogP contribution in [0.25, 0.3) is 0 Å². The van der Waals surface area contributed by atoms with Gasteiger partial charge in [0, 0.05) is 0 Å². The summed E-state index contributed by atoms with van der Waals surface area (Å²) in [5.74, 6) is -0.836. The molecule has 0 aromatic heterocycles. The maximum absolute atomic E-state index is 9.86. The van der Waals surface area contributed by atoms with E-state index in [2.05, 4.69) is 0 Å². The third-order valence-corrected chi connectivity index (χ3v) is 1.34. The van der Waals surface area contributed by atoms with Crippen LogP contribution in [-0.2, 0) is 10.1 Å². The van der Waals surface area contributed by atoms with E-state index in [0.29, 0.717) is 0 Å². The highest BCUT2D eigenvalue weighted by atomic mass is 32.2.